The molecular formula is C15H28IN7O. The molecule has 1 aliphatic rings. The van der Waals surface area contributed by atoms with Crippen LogP contribution in [-0.4, -0.2) is 73.4 Å². The van der Waals surface area contributed by atoms with Crippen LogP contribution >= 0.6 is 24.0 Å². The summed E-state index contributed by atoms with van der Waals surface area (Å²) >= 11 is 0. The number of aryl methyl sites for hydroxylation is 1. The van der Waals surface area contributed by atoms with Crippen molar-refractivity contribution in [3.05, 3.63) is 12.4 Å². The number of halogens is 1. The predicted molar refractivity (Wildman–Crippen MR) is 107 cm³/mol. The SMILES string of the molecule is CN=C(NCC(=O)N(C)C)NC1CCCN(c2cnn(C)c2)C1.I. The van der Waals surface area contributed by atoms with Gasteiger partial charge in [0, 0.05) is 53.5 Å². The number of carbonyl (C=O) groups is 1. The molecular weight excluding hydrogens is 421 g/mol. The van der Waals surface area contributed by atoms with Gasteiger partial charge in [0.15, 0.2) is 5.96 Å². The molecule has 2 N–H and O–H groups in total. The highest BCUT2D eigenvalue weighted by molar-refractivity contribution is 14.0. The zero-order chi connectivity index (χ0) is 16.8. The van der Waals surface area contributed by atoms with Gasteiger partial charge in [-0.1, -0.05) is 0 Å². The van der Waals surface area contributed by atoms with Crippen LogP contribution in [0.3, 0.4) is 0 Å². The minimum Gasteiger partial charge on any atom is -0.367 e. The molecule has 1 aromatic rings. The van der Waals surface area contributed by atoms with Crippen molar-refractivity contribution < 1.29 is 4.79 Å². The lowest BCUT2D eigenvalue weighted by Crippen LogP contribution is -2.52. The maximum atomic E-state index is 11.7. The van der Waals surface area contributed by atoms with Crippen LogP contribution in [0.25, 0.3) is 0 Å². The highest BCUT2D eigenvalue weighted by Gasteiger charge is 2.22. The molecule has 1 saturated heterocycles. The lowest BCUT2D eigenvalue weighted by atomic mass is 10.1. The van der Waals surface area contributed by atoms with Crippen molar-refractivity contribution >= 4 is 41.5 Å². The smallest absolute Gasteiger partial charge is 0.241 e. The summed E-state index contributed by atoms with van der Waals surface area (Å²) in [4.78, 5) is 19.7. The van der Waals surface area contributed by atoms with E-state index in [1.165, 1.54) is 0 Å². The number of aromatic nitrogens is 2. The summed E-state index contributed by atoms with van der Waals surface area (Å²) in [6.07, 6.45) is 6.12. The lowest BCUT2D eigenvalue weighted by Gasteiger charge is -2.34. The number of guanidine groups is 1. The van der Waals surface area contributed by atoms with Gasteiger partial charge in [-0.05, 0) is 12.8 Å². The molecule has 24 heavy (non-hydrogen) atoms. The zero-order valence-corrected chi connectivity index (χ0v) is 17.2. The number of nitrogens with zero attached hydrogens (tertiary/aromatic N) is 5. The summed E-state index contributed by atoms with van der Waals surface area (Å²) in [5, 5.41) is 10.7. The Morgan fingerprint density at radius 3 is 2.83 bits per heavy atom. The normalized spacial score (nSPS) is 17.9. The molecule has 1 amide bonds. The van der Waals surface area contributed by atoms with Gasteiger partial charge in [0.2, 0.25) is 5.91 Å². The molecule has 9 heteroatoms. The van der Waals surface area contributed by atoms with E-state index in [4.69, 9.17) is 0 Å². The van der Waals surface area contributed by atoms with E-state index < -0.39 is 0 Å². The predicted octanol–water partition coefficient (Wildman–Crippen LogP) is 0.260. The summed E-state index contributed by atoms with van der Waals surface area (Å²) in [7, 11) is 7.13. The van der Waals surface area contributed by atoms with Crippen LogP contribution in [0.4, 0.5) is 5.69 Å². The van der Waals surface area contributed by atoms with Crippen LogP contribution in [0, 0.1) is 0 Å². The second kappa shape index (κ2) is 9.70. The van der Waals surface area contributed by atoms with Crippen molar-refractivity contribution in [1.29, 1.82) is 0 Å². The second-order valence-electron chi connectivity index (χ2n) is 6.02. The molecule has 0 radical (unpaired) electrons. The molecule has 8 nitrogen and oxygen atoms in total. The van der Waals surface area contributed by atoms with Gasteiger partial charge in [-0.3, -0.25) is 14.5 Å². The molecule has 1 atom stereocenters. The zero-order valence-electron chi connectivity index (χ0n) is 14.8. The number of hydrogen-bond acceptors (Lipinski definition) is 4. The monoisotopic (exact) mass is 449 g/mol. The van der Waals surface area contributed by atoms with Crippen LogP contribution in [0.2, 0.25) is 0 Å². The molecule has 2 heterocycles. The fourth-order valence-electron chi connectivity index (χ4n) is 2.61. The van der Waals surface area contributed by atoms with Gasteiger partial charge in [0.05, 0.1) is 18.4 Å². The third-order valence-corrected chi connectivity index (χ3v) is 3.95. The number of nitrogens with one attached hydrogen (secondary N) is 2. The van der Waals surface area contributed by atoms with E-state index in [0.717, 1.165) is 31.6 Å². The Hall–Kier alpha value is -1.52. The molecule has 0 saturated carbocycles. The Morgan fingerprint density at radius 1 is 1.50 bits per heavy atom. The van der Waals surface area contributed by atoms with E-state index >= 15 is 0 Å². The van der Waals surface area contributed by atoms with Gasteiger partial charge < -0.3 is 20.4 Å². The third kappa shape index (κ3) is 5.84. The van der Waals surface area contributed by atoms with Gasteiger partial charge in [-0.25, -0.2) is 0 Å². The number of aliphatic imine (C=N–C) groups is 1. The average Bonchev–Trinajstić information content (AvgIpc) is 2.97. The first kappa shape index (κ1) is 20.5. The number of likely N-dealkylation sites (N-methyl/N-ethyl adjacent to an activating group) is 1. The molecule has 0 spiro atoms. The quantitative estimate of drug-likeness (QED) is 0.392. The first-order chi connectivity index (χ1) is 11.0. The molecule has 0 aromatic carbocycles. The van der Waals surface area contributed by atoms with E-state index in [9.17, 15) is 4.79 Å². The molecule has 1 fully saturated rings. The number of rotatable bonds is 4. The maximum Gasteiger partial charge on any atom is 0.241 e. The van der Waals surface area contributed by atoms with Crippen molar-refractivity contribution in [1.82, 2.24) is 25.3 Å². The van der Waals surface area contributed by atoms with Gasteiger partial charge in [-0.15, -0.1) is 24.0 Å². The Labute approximate surface area is 160 Å². The fraction of sp³-hybridized carbons (Fsp3) is 0.667. The highest BCUT2D eigenvalue weighted by atomic mass is 127. The average molecular weight is 449 g/mol. The highest BCUT2D eigenvalue weighted by Crippen LogP contribution is 2.18. The standard InChI is InChI=1S/C15H27N7O.HI/c1-16-15(17-9-14(23)20(2)3)19-12-6-5-7-22(10-12)13-8-18-21(4)11-13;/h8,11-12H,5-7,9-10H2,1-4H3,(H2,16,17,19);1H. The maximum absolute atomic E-state index is 11.7. The fourth-order valence-corrected chi connectivity index (χ4v) is 2.61. The minimum absolute atomic E-state index is 0. The number of anilines is 1. The van der Waals surface area contributed by atoms with Gasteiger partial charge in [0.25, 0.3) is 0 Å². The second-order valence-corrected chi connectivity index (χ2v) is 6.02. The minimum atomic E-state index is 0. The van der Waals surface area contributed by atoms with Gasteiger partial charge in [-0.2, -0.15) is 5.10 Å². The van der Waals surface area contributed by atoms with Crippen LogP contribution in [0.1, 0.15) is 12.8 Å². The van der Waals surface area contributed by atoms with Crippen molar-refractivity contribution in [2.75, 3.05) is 45.7 Å². The first-order valence-electron chi connectivity index (χ1n) is 7.90. The largest absolute Gasteiger partial charge is 0.367 e. The van der Waals surface area contributed by atoms with Crippen molar-refractivity contribution in [2.24, 2.45) is 12.0 Å². The number of piperidine rings is 1. The van der Waals surface area contributed by atoms with E-state index in [-0.39, 0.29) is 36.4 Å². The van der Waals surface area contributed by atoms with Gasteiger partial charge >= 0.3 is 0 Å². The van der Waals surface area contributed by atoms with E-state index in [1.807, 2.05) is 24.1 Å². The Morgan fingerprint density at radius 2 is 2.25 bits per heavy atom. The summed E-state index contributed by atoms with van der Waals surface area (Å²) in [5.41, 5.74) is 1.14. The molecule has 0 aliphatic carbocycles. The number of amides is 1. The van der Waals surface area contributed by atoms with E-state index in [2.05, 4.69) is 25.6 Å². The number of carbonyl (C=O) groups excluding carboxylic acids is 1. The molecule has 1 unspecified atom stereocenters. The van der Waals surface area contributed by atoms with Crippen molar-refractivity contribution in [3.8, 4) is 0 Å². The summed E-state index contributed by atoms with van der Waals surface area (Å²) < 4.78 is 1.82. The van der Waals surface area contributed by atoms with Crippen LogP contribution in [-0.2, 0) is 11.8 Å². The summed E-state index contributed by atoms with van der Waals surface area (Å²) in [6, 6.07) is 0.296. The van der Waals surface area contributed by atoms with Crippen LogP contribution in [0.15, 0.2) is 17.4 Å². The molecule has 136 valence electrons. The van der Waals surface area contributed by atoms with E-state index in [1.54, 1.807) is 26.0 Å². The molecule has 2 rings (SSSR count). The Bertz CT molecular complexity index is 558. The molecule has 0 bridgehead atoms. The lowest BCUT2D eigenvalue weighted by molar-refractivity contribution is -0.127. The van der Waals surface area contributed by atoms with Crippen LogP contribution in [0.5, 0.6) is 0 Å². The van der Waals surface area contributed by atoms with Gasteiger partial charge in [0.1, 0.15) is 0 Å². The summed E-state index contributed by atoms with van der Waals surface area (Å²) in [5.74, 6) is 0.687. The first-order valence-corrected chi connectivity index (χ1v) is 7.90. The Kier molecular flexibility index (Phi) is 8.29. The topological polar surface area (TPSA) is 77.8 Å². The third-order valence-electron chi connectivity index (χ3n) is 3.95. The molecule has 1 aliphatic heterocycles. The number of hydrogen-bond donors (Lipinski definition) is 2. The van der Waals surface area contributed by atoms with Crippen LogP contribution < -0.4 is 15.5 Å². The summed E-state index contributed by atoms with van der Waals surface area (Å²) in [6.45, 7) is 2.18. The Balaban J connectivity index is 0.00000288. The van der Waals surface area contributed by atoms with Crippen molar-refractivity contribution in [2.45, 2.75) is 18.9 Å². The molecule has 1 aromatic heterocycles. The van der Waals surface area contributed by atoms with E-state index in [0.29, 0.717) is 12.0 Å². The van der Waals surface area contributed by atoms with Crippen molar-refractivity contribution in [3.63, 3.8) is 0 Å².